The van der Waals surface area contributed by atoms with Gasteiger partial charge in [-0.15, -0.1) is 0 Å². The Balaban J connectivity index is 2.18. The standard InChI is InChI=1S/C16H18N2/c1-2-5-14(17)11-8-9-16-13(10-11)12-6-3-4-7-15(12)18-16/h3-4,6-10,14,18H,2,5,17H2,1H3. The minimum absolute atomic E-state index is 0.146. The van der Waals surface area contributed by atoms with Gasteiger partial charge in [-0.1, -0.05) is 37.6 Å². The van der Waals surface area contributed by atoms with Gasteiger partial charge in [0.05, 0.1) is 0 Å². The first-order valence-corrected chi connectivity index (χ1v) is 6.55. The highest BCUT2D eigenvalue weighted by atomic mass is 14.7. The molecule has 3 N–H and O–H groups in total. The van der Waals surface area contributed by atoms with Gasteiger partial charge in [0.25, 0.3) is 0 Å². The van der Waals surface area contributed by atoms with Gasteiger partial charge in [0.2, 0.25) is 0 Å². The summed E-state index contributed by atoms with van der Waals surface area (Å²) in [6.07, 6.45) is 2.15. The lowest BCUT2D eigenvalue weighted by Crippen LogP contribution is -2.09. The minimum atomic E-state index is 0.146. The maximum absolute atomic E-state index is 6.20. The van der Waals surface area contributed by atoms with Crippen LogP contribution in [0, 0.1) is 0 Å². The number of hydrogen-bond acceptors (Lipinski definition) is 1. The molecule has 18 heavy (non-hydrogen) atoms. The van der Waals surface area contributed by atoms with Crippen LogP contribution in [0.2, 0.25) is 0 Å². The van der Waals surface area contributed by atoms with E-state index in [-0.39, 0.29) is 6.04 Å². The molecule has 0 spiro atoms. The molecular formula is C16H18N2. The summed E-state index contributed by atoms with van der Waals surface area (Å²) in [5, 5.41) is 2.55. The maximum Gasteiger partial charge on any atom is 0.0465 e. The fourth-order valence-corrected chi connectivity index (χ4v) is 2.57. The van der Waals surface area contributed by atoms with E-state index in [0.717, 1.165) is 12.8 Å². The van der Waals surface area contributed by atoms with Crippen molar-refractivity contribution in [1.29, 1.82) is 0 Å². The fourth-order valence-electron chi connectivity index (χ4n) is 2.57. The second-order valence-corrected chi connectivity index (χ2v) is 4.87. The largest absolute Gasteiger partial charge is 0.355 e. The second-order valence-electron chi connectivity index (χ2n) is 4.87. The van der Waals surface area contributed by atoms with E-state index in [4.69, 9.17) is 5.73 Å². The summed E-state index contributed by atoms with van der Waals surface area (Å²) in [5.74, 6) is 0. The zero-order valence-electron chi connectivity index (χ0n) is 10.6. The Hall–Kier alpha value is -1.80. The van der Waals surface area contributed by atoms with Crippen LogP contribution in [-0.2, 0) is 0 Å². The van der Waals surface area contributed by atoms with Gasteiger partial charge in [-0.05, 0) is 30.2 Å². The van der Waals surface area contributed by atoms with Crippen molar-refractivity contribution in [2.24, 2.45) is 5.73 Å². The summed E-state index contributed by atoms with van der Waals surface area (Å²) in [6, 6.07) is 15.1. The summed E-state index contributed by atoms with van der Waals surface area (Å²) in [5.41, 5.74) is 9.80. The van der Waals surface area contributed by atoms with Crippen LogP contribution < -0.4 is 5.73 Å². The zero-order valence-corrected chi connectivity index (χ0v) is 10.6. The monoisotopic (exact) mass is 238 g/mol. The van der Waals surface area contributed by atoms with Crippen LogP contribution >= 0.6 is 0 Å². The number of aromatic amines is 1. The number of benzene rings is 2. The van der Waals surface area contributed by atoms with Crippen molar-refractivity contribution in [3.05, 3.63) is 48.0 Å². The third-order valence-corrected chi connectivity index (χ3v) is 3.56. The lowest BCUT2D eigenvalue weighted by molar-refractivity contribution is 0.639. The van der Waals surface area contributed by atoms with Gasteiger partial charge in [0, 0.05) is 27.8 Å². The van der Waals surface area contributed by atoms with Crippen molar-refractivity contribution < 1.29 is 0 Å². The molecule has 3 aromatic rings. The van der Waals surface area contributed by atoms with Gasteiger partial charge in [-0.25, -0.2) is 0 Å². The zero-order chi connectivity index (χ0) is 12.5. The molecule has 0 amide bonds. The molecule has 0 aliphatic rings. The number of nitrogens with one attached hydrogen (secondary N) is 1. The second kappa shape index (κ2) is 4.46. The first-order chi connectivity index (χ1) is 8.79. The average Bonchev–Trinajstić information content (AvgIpc) is 2.76. The van der Waals surface area contributed by atoms with Crippen molar-refractivity contribution in [1.82, 2.24) is 4.98 Å². The highest BCUT2D eigenvalue weighted by Gasteiger charge is 2.08. The molecule has 0 aliphatic heterocycles. The molecule has 1 atom stereocenters. The van der Waals surface area contributed by atoms with Crippen LogP contribution in [0.1, 0.15) is 31.4 Å². The molecule has 2 nitrogen and oxygen atoms in total. The number of H-pyrrole nitrogens is 1. The van der Waals surface area contributed by atoms with Gasteiger partial charge in [0.1, 0.15) is 0 Å². The van der Waals surface area contributed by atoms with E-state index in [1.165, 1.54) is 27.4 Å². The molecule has 1 heterocycles. The van der Waals surface area contributed by atoms with Crippen LogP contribution in [0.5, 0.6) is 0 Å². The molecule has 3 rings (SSSR count). The van der Waals surface area contributed by atoms with Crippen molar-refractivity contribution in [3.8, 4) is 0 Å². The summed E-state index contributed by atoms with van der Waals surface area (Å²) >= 11 is 0. The van der Waals surface area contributed by atoms with Gasteiger partial charge in [-0.3, -0.25) is 0 Å². The van der Waals surface area contributed by atoms with Crippen LogP contribution in [0.4, 0.5) is 0 Å². The van der Waals surface area contributed by atoms with Crippen molar-refractivity contribution in [2.45, 2.75) is 25.8 Å². The topological polar surface area (TPSA) is 41.8 Å². The van der Waals surface area contributed by atoms with Gasteiger partial charge in [0.15, 0.2) is 0 Å². The SMILES string of the molecule is CCCC(N)c1ccc2[nH]c3ccccc3c2c1. The molecule has 92 valence electrons. The summed E-state index contributed by atoms with van der Waals surface area (Å²) < 4.78 is 0. The van der Waals surface area contributed by atoms with Crippen molar-refractivity contribution in [2.75, 3.05) is 0 Å². The Morgan fingerprint density at radius 1 is 1.06 bits per heavy atom. The molecule has 2 aromatic carbocycles. The number of aromatic nitrogens is 1. The summed E-state index contributed by atoms with van der Waals surface area (Å²) in [6.45, 7) is 2.17. The molecule has 0 saturated carbocycles. The highest BCUT2D eigenvalue weighted by Crippen LogP contribution is 2.28. The van der Waals surface area contributed by atoms with Crippen LogP contribution in [0.15, 0.2) is 42.5 Å². The number of para-hydroxylation sites is 1. The van der Waals surface area contributed by atoms with E-state index < -0.39 is 0 Å². The van der Waals surface area contributed by atoms with Gasteiger partial charge in [-0.2, -0.15) is 0 Å². The Morgan fingerprint density at radius 2 is 1.83 bits per heavy atom. The van der Waals surface area contributed by atoms with Crippen LogP contribution in [-0.4, -0.2) is 4.98 Å². The highest BCUT2D eigenvalue weighted by molar-refractivity contribution is 6.07. The fraction of sp³-hybridized carbons (Fsp3) is 0.250. The van der Waals surface area contributed by atoms with E-state index in [0.29, 0.717) is 0 Å². The smallest absolute Gasteiger partial charge is 0.0465 e. The molecular weight excluding hydrogens is 220 g/mol. The summed E-state index contributed by atoms with van der Waals surface area (Å²) in [7, 11) is 0. The van der Waals surface area contributed by atoms with E-state index in [2.05, 4.69) is 54.4 Å². The molecule has 1 unspecified atom stereocenters. The maximum atomic E-state index is 6.20. The van der Waals surface area contributed by atoms with Crippen molar-refractivity contribution in [3.63, 3.8) is 0 Å². The van der Waals surface area contributed by atoms with E-state index in [1.54, 1.807) is 0 Å². The molecule has 1 aromatic heterocycles. The minimum Gasteiger partial charge on any atom is -0.355 e. The van der Waals surface area contributed by atoms with Gasteiger partial charge >= 0.3 is 0 Å². The molecule has 0 fully saturated rings. The molecule has 0 aliphatic carbocycles. The van der Waals surface area contributed by atoms with E-state index in [9.17, 15) is 0 Å². The average molecular weight is 238 g/mol. The predicted octanol–water partition coefficient (Wildman–Crippen LogP) is 4.12. The quantitative estimate of drug-likeness (QED) is 0.708. The Morgan fingerprint density at radius 3 is 2.67 bits per heavy atom. The molecule has 0 bridgehead atoms. The first-order valence-electron chi connectivity index (χ1n) is 6.55. The lowest BCUT2D eigenvalue weighted by atomic mass is 10.0. The Bertz CT molecular complexity index is 682. The van der Waals surface area contributed by atoms with Crippen molar-refractivity contribution >= 4 is 21.8 Å². The number of hydrogen-bond donors (Lipinski definition) is 2. The first kappa shape index (κ1) is 11.3. The van der Waals surface area contributed by atoms with Gasteiger partial charge < -0.3 is 10.7 Å². The van der Waals surface area contributed by atoms with Crippen LogP contribution in [0.3, 0.4) is 0 Å². The predicted molar refractivity (Wildman–Crippen MR) is 77.6 cm³/mol. The third-order valence-electron chi connectivity index (χ3n) is 3.56. The third kappa shape index (κ3) is 1.79. The Kier molecular flexibility index (Phi) is 2.80. The number of rotatable bonds is 3. The normalized spacial score (nSPS) is 13.2. The number of fused-ring (bicyclic) bond motifs is 3. The van der Waals surface area contributed by atoms with E-state index in [1.807, 2.05) is 0 Å². The Labute approximate surface area is 107 Å². The lowest BCUT2D eigenvalue weighted by Gasteiger charge is -2.10. The van der Waals surface area contributed by atoms with Crippen LogP contribution in [0.25, 0.3) is 21.8 Å². The summed E-state index contributed by atoms with van der Waals surface area (Å²) in [4.78, 5) is 3.44. The molecule has 2 heteroatoms. The van der Waals surface area contributed by atoms with E-state index >= 15 is 0 Å². The number of nitrogens with two attached hydrogens (primary N) is 1. The molecule has 0 saturated heterocycles. The molecule has 0 radical (unpaired) electrons.